The first-order chi connectivity index (χ1) is 12.2. The summed E-state index contributed by atoms with van der Waals surface area (Å²) in [5.74, 6) is 0.394. The first-order valence-electron chi connectivity index (χ1n) is 8.82. The number of carbonyl (C=O) groups is 1. The Morgan fingerprint density at radius 2 is 1.96 bits per heavy atom. The van der Waals surface area contributed by atoms with Gasteiger partial charge in [0.25, 0.3) is 0 Å². The molecule has 1 atom stereocenters. The molecule has 132 valence electrons. The first-order valence-corrected chi connectivity index (χ1v) is 8.82. The Bertz CT molecular complexity index is 684. The van der Waals surface area contributed by atoms with E-state index in [4.69, 9.17) is 4.74 Å². The zero-order valence-corrected chi connectivity index (χ0v) is 14.2. The molecule has 25 heavy (non-hydrogen) atoms. The summed E-state index contributed by atoms with van der Waals surface area (Å²) >= 11 is 0. The molecular weight excluding hydrogens is 316 g/mol. The maximum Gasteiger partial charge on any atom is 0.223 e. The first kappa shape index (κ1) is 17.4. The van der Waals surface area contributed by atoms with Crippen LogP contribution in [0.4, 0.5) is 0 Å². The van der Waals surface area contributed by atoms with Crippen LogP contribution in [0.15, 0.2) is 48.7 Å². The number of benzene rings is 1. The number of aromatic nitrogens is 1. The van der Waals surface area contributed by atoms with E-state index in [0.717, 1.165) is 24.0 Å². The molecule has 1 aromatic heterocycles. The van der Waals surface area contributed by atoms with Crippen LogP contribution in [0.3, 0.4) is 0 Å². The summed E-state index contributed by atoms with van der Waals surface area (Å²) in [6, 6.07) is 12.9. The zero-order valence-electron chi connectivity index (χ0n) is 14.2. The molecule has 1 aromatic carbocycles. The fourth-order valence-electron chi connectivity index (χ4n) is 3.06. The molecule has 5 nitrogen and oxygen atoms in total. The molecule has 5 heteroatoms. The molecule has 1 amide bonds. The minimum absolute atomic E-state index is 0.0308. The number of aliphatic hydroxyl groups excluding tert-OH is 1. The predicted molar refractivity (Wildman–Crippen MR) is 95.0 cm³/mol. The van der Waals surface area contributed by atoms with Gasteiger partial charge in [-0.3, -0.25) is 4.79 Å². The third-order valence-electron chi connectivity index (χ3n) is 4.47. The van der Waals surface area contributed by atoms with Crippen LogP contribution in [0, 0.1) is 0 Å². The average Bonchev–Trinajstić information content (AvgIpc) is 3.15. The van der Waals surface area contributed by atoms with E-state index < -0.39 is 6.10 Å². The molecule has 2 aromatic rings. The highest BCUT2D eigenvalue weighted by atomic mass is 16.5. The highest BCUT2D eigenvalue weighted by Crippen LogP contribution is 2.25. The van der Waals surface area contributed by atoms with Crippen LogP contribution in [0.25, 0.3) is 0 Å². The molecule has 0 spiro atoms. The molecule has 1 fully saturated rings. The normalized spacial score (nSPS) is 15.7. The third kappa shape index (κ3) is 5.03. The van der Waals surface area contributed by atoms with Crippen molar-refractivity contribution in [2.75, 3.05) is 0 Å². The summed E-state index contributed by atoms with van der Waals surface area (Å²) in [4.78, 5) is 16.4. The Morgan fingerprint density at radius 1 is 1.20 bits per heavy atom. The lowest BCUT2D eigenvalue weighted by atomic mass is 10.1. The molecule has 0 radical (unpaired) electrons. The largest absolute Gasteiger partial charge is 0.474 e. The van der Waals surface area contributed by atoms with Gasteiger partial charge in [0.2, 0.25) is 11.8 Å². The van der Waals surface area contributed by atoms with E-state index in [1.54, 1.807) is 6.20 Å². The van der Waals surface area contributed by atoms with Crippen molar-refractivity contribution < 1.29 is 14.6 Å². The van der Waals surface area contributed by atoms with Crippen molar-refractivity contribution in [3.8, 4) is 5.88 Å². The van der Waals surface area contributed by atoms with Gasteiger partial charge in [0, 0.05) is 18.3 Å². The number of nitrogens with zero attached hydrogens (tertiary/aromatic N) is 1. The fraction of sp³-hybridized carbons (Fsp3) is 0.400. The van der Waals surface area contributed by atoms with Gasteiger partial charge in [-0.15, -0.1) is 0 Å². The molecule has 0 bridgehead atoms. The van der Waals surface area contributed by atoms with Crippen molar-refractivity contribution in [1.29, 1.82) is 0 Å². The van der Waals surface area contributed by atoms with Crippen LogP contribution in [-0.4, -0.2) is 22.1 Å². The number of hydrogen-bond acceptors (Lipinski definition) is 4. The van der Waals surface area contributed by atoms with Gasteiger partial charge in [0.05, 0.1) is 12.5 Å². The average molecular weight is 340 g/mol. The second-order valence-electron chi connectivity index (χ2n) is 6.40. The molecular formula is C20H24N2O3. The Kier molecular flexibility index (Phi) is 6.01. The van der Waals surface area contributed by atoms with Crippen LogP contribution in [0.2, 0.25) is 0 Å². The van der Waals surface area contributed by atoms with Crippen LogP contribution in [0.1, 0.15) is 49.3 Å². The van der Waals surface area contributed by atoms with E-state index in [1.807, 2.05) is 42.5 Å². The van der Waals surface area contributed by atoms with Crippen molar-refractivity contribution in [2.45, 2.75) is 50.9 Å². The number of carbonyl (C=O) groups excluding carboxylic acids is 1. The van der Waals surface area contributed by atoms with E-state index in [0.29, 0.717) is 12.4 Å². The summed E-state index contributed by atoms with van der Waals surface area (Å²) in [6.07, 6.45) is 5.67. The van der Waals surface area contributed by atoms with Gasteiger partial charge < -0.3 is 15.2 Å². The van der Waals surface area contributed by atoms with Crippen molar-refractivity contribution in [3.05, 3.63) is 59.8 Å². The molecule has 1 unspecified atom stereocenters. The summed E-state index contributed by atoms with van der Waals surface area (Å²) in [7, 11) is 0. The van der Waals surface area contributed by atoms with Crippen molar-refractivity contribution >= 4 is 5.91 Å². The second kappa shape index (κ2) is 8.62. The fourth-order valence-corrected chi connectivity index (χ4v) is 3.06. The summed E-state index contributed by atoms with van der Waals surface area (Å²) in [5, 5.41) is 13.0. The summed E-state index contributed by atoms with van der Waals surface area (Å²) in [5.41, 5.74) is 1.60. The highest BCUT2D eigenvalue weighted by molar-refractivity contribution is 5.76. The highest BCUT2D eigenvalue weighted by Gasteiger charge is 2.19. The van der Waals surface area contributed by atoms with Gasteiger partial charge in [0.1, 0.15) is 6.10 Å². The lowest BCUT2D eigenvalue weighted by Crippen LogP contribution is -2.25. The molecule has 1 aliphatic carbocycles. The van der Waals surface area contributed by atoms with Crippen LogP contribution >= 0.6 is 0 Å². The number of aliphatic hydroxyl groups is 1. The van der Waals surface area contributed by atoms with Gasteiger partial charge in [-0.1, -0.05) is 36.4 Å². The quantitative estimate of drug-likeness (QED) is 0.812. The SMILES string of the molecule is O=C(CC(O)c1ccccc1)NCc1cccnc1OC1CCCC1. The summed E-state index contributed by atoms with van der Waals surface area (Å²) < 4.78 is 5.98. The van der Waals surface area contributed by atoms with Gasteiger partial charge in [-0.2, -0.15) is 0 Å². The molecule has 1 aliphatic rings. The van der Waals surface area contributed by atoms with E-state index in [2.05, 4.69) is 10.3 Å². The van der Waals surface area contributed by atoms with Crippen LogP contribution in [0.5, 0.6) is 5.88 Å². The molecule has 1 saturated carbocycles. The van der Waals surface area contributed by atoms with Gasteiger partial charge in [-0.05, 0) is 37.3 Å². The smallest absolute Gasteiger partial charge is 0.223 e. The van der Waals surface area contributed by atoms with Gasteiger partial charge in [-0.25, -0.2) is 4.98 Å². The van der Waals surface area contributed by atoms with Crippen molar-refractivity contribution in [1.82, 2.24) is 10.3 Å². The van der Waals surface area contributed by atoms with E-state index >= 15 is 0 Å². The zero-order chi connectivity index (χ0) is 17.5. The van der Waals surface area contributed by atoms with E-state index in [1.165, 1.54) is 12.8 Å². The monoisotopic (exact) mass is 340 g/mol. The predicted octanol–water partition coefficient (Wildman–Crippen LogP) is 3.14. The molecule has 0 saturated heterocycles. The number of hydrogen-bond donors (Lipinski definition) is 2. The van der Waals surface area contributed by atoms with Gasteiger partial charge in [0.15, 0.2) is 0 Å². The molecule has 3 rings (SSSR count). The number of nitrogens with one attached hydrogen (secondary N) is 1. The van der Waals surface area contributed by atoms with Gasteiger partial charge >= 0.3 is 0 Å². The Labute approximate surface area is 148 Å². The molecule has 2 N–H and O–H groups in total. The topological polar surface area (TPSA) is 71.5 Å². The third-order valence-corrected chi connectivity index (χ3v) is 4.47. The minimum Gasteiger partial charge on any atom is -0.474 e. The Hall–Kier alpha value is -2.40. The number of ether oxygens (including phenoxy) is 1. The maximum absolute atomic E-state index is 12.1. The lowest BCUT2D eigenvalue weighted by molar-refractivity contribution is -0.123. The minimum atomic E-state index is -0.802. The van der Waals surface area contributed by atoms with Crippen LogP contribution < -0.4 is 10.1 Å². The Balaban J connectivity index is 1.53. The van der Waals surface area contributed by atoms with E-state index in [-0.39, 0.29) is 18.4 Å². The van der Waals surface area contributed by atoms with Crippen molar-refractivity contribution in [2.24, 2.45) is 0 Å². The molecule has 1 heterocycles. The standard InChI is InChI=1S/C20H24N2O3/c23-18(15-7-2-1-3-8-15)13-19(24)22-14-16-9-6-12-21-20(16)25-17-10-4-5-11-17/h1-3,6-9,12,17-18,23H,4-5,10-11,13-14H2,(H,22,24). The lowest BCUT2D eigenvalue weighted by Gasteiger charge is -2.16. The van der Waals surface area contributed by atoms with E-state index in [9.17, 15) is 9.90 Å². The number of amides is 1. The second-order valence-corrected chi connectivity index (χ2v) is 6.40. The molecule has 0 aliphatic heterocycles. The maximum atomic E-state index is 12.1. The Morgan fingerprint density at radius 3 is 2.72 bits per heavy atom. The number of rotatable bonds is 7. The summed E-state index contributed by atoms with van der Waals surface area (Å²) in [6.45, 7) is 0.343. The van der Waals surface area contributed by atoms with Crippen LogP contribution in [-0.2, 0) is 11.3 Å². The van der Waals surface area contributed by atoms with Crippen molar-refractivity contribution in [3.63, 3.8) is 0 Å². The number of pyridine rings is 1.